The van der Waals surface area contributed by atoms with Crippen LogP contribution >= 0.6 is 0 Å². The van der Waals surface area contributed by atoms with E-state index in [0.29, 0.717) is 6.42 Å². The highest BCUT2D eigenvalue weighted by molar-refractivity contribution is 5.88. The van der Waals surface area contributed by atoms with E-state index in [1.54, 1.807) is 17.0 Å². The van der Waals surface area contributed by atoms with E-state index < -0.39 is 6.04 Å². The van der Waals surface area contributed by atoms with Crippen molar-refractivity contribution in [3.8, 4) is 0 Å². The first-order valence-corrected chi connectivity index (χ1v) is 9.29. The second-order valence-electron chi connectivity index (χ2n) is 6.90. The largest absolute Gasteiger partial charge is 0.352 e. The molecule has 2 rings (SSSR count). The van der Waals surface area contributed by atoms with Gasteiger partial charge in [0.15, 0.2) is 0 Å². The molecule has 0 heterocycles. The van der Waals surface area contributed by atoms with E-state index in [4.69, 9.17) is 0 Å². The van der Waals surface area contributed by atoms with Crippen LogP contribution < -0.4 is 5.32 Å². The molecule has 0 unspecified atom stereocenters. The van der Waals surface area contributed by atoms with E-state index in [1.807, 2.05) is 51.1 Å². The van der Waals surface area contributed by atoms with Crippen LogP contribution in [0.3, 0.4) is 0 Å². The number of amides is 2. The van der Waals surface area contributed by atoms with Crippen LogP contribution in [0.4, 0.5) is 4.39 Å². The second kappa shape index (κ2) is 9.86. The predicted molar refractivity (Wildman–Crippen MR) is 104 cm³/mol. The van der Waals surface area contributed by atoms with E-state index in [9.17, 15) is 14.0 Å². The lowest BCUT2D eigenvalue weighted by Crippen LogP contribution is -2.50. The molecule has 0 aromatic heterocycles. The van der Waals surface area contributed by atoms with E-state index in [0.717, 1.165) is 11.1 Å². The monoisotopic (exact) mass is 370 g/mol. The molecule has 0 saturated heterocycles. The first-order chi connectivity index (χ1) is 12.9. The molecule has 0 aliphatic heterocycles. The summed E-state index contributed by atoms with van der Waals surface area (Å²) < 4.78 is 13.2. The van der Waals surface area contributed by atoms with Crippen molar-refractivity contribution in [1.29, 1.82) is 0 Å². The van der Waals surface area contributed by atoms with Gasteiger partial charge >= 0.3 is 0 Å². The lowest BCUT2D eigenvalue weighted by molar-refractivity contribution is -0.141. The predicted octanol–water partition coefficient (Wildman–Crippen LogP) is 3.70. The Balaban J connectivity index is 2.26. The van der Waals surface area contributed by atoms with Crippen LogP contribution in [0.1, 0.15) is 38.3 Å². The highest BCUT2D eigenvalue weighted by Crippen LogP contribution is 2.15. The molecule has 1 N–H and O–H groups in total. The molecule has 4 nitrogen and oxygen atoms in total. The van der Waals surface area contributed by atoms with Crippen molar-refractivity contribution in [2.75, 3.05) is 0 Å². The Bertz CT molecular complexity index is 745. The summed E-state index contributed by atoms with van der Waals surface area (Å²) in [4.78, 5) is 27.3. The van der Waals surface area contributed by atoms with E-state index in [1.165, 1.54) is 12.1 Å². The van der Waals surface area contributed by atoms with Crippen LogP contribution in [-0.4, -0.2) is 28.8 Å². The lowest BCUT2D eigenvalue weighted by atomic mass is 10.1. The molecular formula is C22H27FN2O2. The third-order valence-corrected chi connectivity index (χ3v) is 4.28. The number of hydrogen-bond acceptors (Lipinski definition) is 2. The van der Waals surface area contributed by atoms with Crippen molar-refractivity contribution < 1.29 is 14.0 Å². The minimum atomic E-state index is -0.575. The number of benzene rings is 2. The number of halogens is 1. The highest BCUT2D eigenvalue weighted by atomic mass is 19.1. The molecule has 2 aromatic carbocycles. The highest BCUT2D eigenvalue weighted by Gasteiger charge is 2.28. The molecule has 2 amide bonds. The molecule has 0 aliphatic carbocycles. The Labute approximate surface area is 160 Å². The SMILES string of the molecule is CC[C@@H](C(=O)NC(C)C)N(Cc1ccc(F)cc1)C(=O)Cc1ccccc1. The fraction of sp³-hybridized carbons (Fsp3) is 0.364. The molecule has 1 atom stereocenters. The van der Waals surface area contributed by atoms with Crippen LogP contribution in [0.25, 0.3) is 0 Å². The van der Waals surface area contributed by atoms with Crippen molar-refractivity contribution >= 4 is 11.8 Å². The van der Waals surface area contributed by atoms with Gasteiger partial charge in [0.2, 0.25) is 11.8 Å². The fourth-order valence-electron chi connectivity index (χ4n) is 2.96. The van der Waals surface area contributed by atoms with Gasteiger partial charge in [-0.2, -0.15) is 0 Å². The Hall–Kier alpha value is -2.69. The van der Waals surface area contributed by atoms with Crippen molar-refractivity contribution in [1.82, 2.24) is 10.2 Å². The van der Waals surface area contributed by atoms with Crippen molar-refractivity contribution in [2.45, 2.75) is 52.2 Å². The molecular weight excluding hydrogens is 343 g/mol. The zero-order valence-electron chi connectivity index (χ0n) is 16.1. The zero-order chi connectivity index (χ0) is 19.8. The summed E-state index contributed by atoms with van der Waals surface area (Å²) in [6.07, 6.45) is 0.716. The van der Waals surface area contributed by atoms with E-state index in [2.05, 4.69) is 5.32 Å². The van der Waals surface area contributed by atoms with Gasteiger partial charge in [-0.05, 0) is 43.5 Å². The van der Waals surface area contributed by atoms with Crippen molar-refractivity contribution in [3.63, 3.8) is 0 Å². The molecule has 144 valence electrons. The summed E-state index contributed by atoms with van der Waals surface area (Å²) >= 11 is 0. The average Bonchev–Trinajstić information content (AvgIpc) is 2.63. The topological polar surface area (TPSA) is 49.4 Å². The van der Waals surface area contributed by atoms with Gasteiger partial charge in [-0.25, -0.2) is 4.39 Å². The molecule has 5 heteroatoms. The Kier molecular flexibility index (Phi) is 7.53. The molecule has 27 heavy (non-hydrogen) atoms. The number of rotatable bonds is 8. The molecule has 0 spiro atoms. The van der Waals surface area contributed by atoms with Crippen molar-refractivity contribution in [2.24, 2.45) is 0 Å². The number of carbonyl (C=O) groups excluding carboxylic acids is 2. The summed E-state index contributed by atoms with van der Waals surface area (Å²) in [5, 5.41) is 2.90. The standard InChI is InChI=1S/C22H27FN2O2/c1-4-20(22(27)24-16(2)3)25(15-18-10-12-19(23)13-11-18)21(26)14-17-8-6-5-7-9-17/h5-13,16,20H,4,14-15H2,1-3H3,(H,24,27)/t20-/m0/s1. The fourth-order valence-corrected chi connectivity index (χ4v) is 2.96. The molecule has 0 aliphatic rings. The minimum absolute atomic E-state index is 0.0107. The van der Waals surface area contributed by atoms with Gasteiger partial charge < -0.3 is 10.2 Å². The number of nitrogens with one attached hydrogen (secondary N) is 1. The second-order valence-corrected chi connectivity index (χ2v) is 6.90. The quantitative estimate of drug-likeness (QED) is 0.770. The molecule has 0 saturated carbocycles. The van der Waals surface area contributed by atoms with Gasteiger partial charge in [-0.1, -0.05) is 49.4 Å². The smallest absolute Gasteiger partial charge is 0.243 e. The maximum atomic E-state index is 13.2. The van der Waals surface area contributed by atoms with Crippen molar-refractivity contribution in [3.05, 3.63) is 71.5 Å². The normalized spacial score (nSPS) is 11.9. The van der Waals surface area contributed by atoms with Gasteiger partial charge in [-0.3, -0.25) is 9.59 Å². The van der Waals surface area contributed by atoms with E-state index >= 15 is 0 Å². The Morgan fingerprint density at radius 3 is 2.19 bits per heavy atom. The summed E-state index contributed by atoms with van der Waals surface area (Å²) in [7, 11) is 0. The summed E-state index contributed by atoms with van der Waals surface area (Å²) in [5.41, 5.74) is 1.68. The van der Waals surface area contributed by atoms with Crippen LogP contribution in [0.5, 0.6) is 0 Å². The van der Waals surface area contributed by atoms with Crippen LogP contribution in [0, 0.1) is 5.82 Å². The molecule has 0 radical (unpaired) electrons. The summed E-state index contributed by atoms with van der Waals surface area (Å²) in [6, 6.07) is 14.9. The number of carbonyl (C=O) groups is 2. The third kappa shape index (κ3) is 6.20. The average molecular weight is 370 g/mol. The van der Waals surface area contributed by atoms with Gasteiger partial charge in [0.25, 0.3) is 0 Å². The van der Waals surface area contributed by atoms with Crippen LogP contribution in [-0.2, 0) is 22.6 Å². The third-order valence-electron chi connectivity index (χ3n) is 4.28. The minimum Gasteiger partial charge on any atom is -0.352 e. The number of hydrogen-bond donors (Lipinski definition) is 1. The summed E-state index contributed by atoms with van der Waals surface area (Å²) in [6.45, 7) is 5.93. The maximum absolute atomic E-state index is 13.2. The first kappa shape index (κ1) is 20.6. The van der Waals surface area contributed by atoms with Crippen LogP contribution in [0.15, 0.2) is 54.6 Å². The van der Waals surface area contributed by atoms with Crippen LogP contribution in [0.2, 0.25) is 0 Å². The Morgan fingerprint density at radius 2 is 1.63 bits per heavy atom. The maximum Gasteiger partial charge on any atom is 0.243 e. The van der Waals surface area contributed by atoms with Gasteiger partial charge in [-0.15, -0.1) is 0 Å². The first-order valence-electron chi connectivity index (χ1n) is 9.29. The van der Waals surface area contributed by atoms with Gasteiger partial charge in [0.05, 0.1) is 6.42 Å². The zero-order valence-corrected chi connectivity index (χ0v) is 16.1. The summed E-state index contributed by atoms with van der Waals surface area (Å²) in [5.74, 6) is -0.627. The Morgan fingerprint density at radius 1 is 1.00 bits per heavy atom. The molecule has 0 bridgehead atoms. The van der Waals surface area contributed by atoms with Gasteiger partial charge in [0, 0.05) is 12.6 Å². The number of nitrogens with zero attached hydrogens (tertiary/aromatic N) is 1. The lowest BCUT2D eigenvalue weighted by Gasteiger charge is -2.31. The molecule has 2 aromatic rings. The van der Waals surface area contributed by atoms with Gasteiger partial charge in [0.1, 0.15) is 11.9 Å². The molecule has 0 fully saturated rings. The van der Waals surface area contributed by atoms with E-state index in [-0.39, 0.29) is 36.6 Å².